The lowest BCUT2D eigenvalue weighted by Crippen LogP contribution is -2.45. The number of nitrogens with one attached hydrogen (secondary N) is 1. The van der Waals surface area contributed by atoms with Crippen LogP contribution in [-0.2, 0) is 4.74 Å². The Hall–Kier alpha value is -3.29. The summed E-state index contributed by atoms with van der Waals surface area (Å²) < 4.78 is 29.2. The van der Waals surface area contributed by atoms with Gasteiger partial charge in [-0.15, -0.1) is 0 Å². The number of carbonyl (C=O) groups is 2. The van der Waals surface area contributed by atoms with E-state index in [1.165, 1.54) is 31.4 Å². The molecule has 7 nitrogen and oxygen atoms in total. The van der Waals surface area contributed by atoms with Gasteiger partial charge < -0.3 is 19.5 Å². The minimum absolute atomic E-state index is 0.0696. The minimum atomic E-state index is -0.433. The van der Waals surface area contributed by atoms with Crippen LogP contribution in [0.1, 0.15) is 42.1 Å². The molecule has 0 aliphatic carbocycles. The van der Waals surface area contributed by atoms with Gasteiger partial charge in [0, 0.05) is 30.1 Å². The van der Waals surface area contributed by atoms with Gasteiger partial charge in [-0.3, -0.25) is 9.69 Å². The second kappa shape index (κ2) is 9.68. The lowest BCUT2D eigenvalue weighted by Gasteiger charge is -2.39. The molecule has 166 valence electrons. The number of nitrogens with zero attached hydrogens (tertiary/aromatic N) is 1. The van der Waals surface area contributed by atoms with E-state index in [0.29, 0.717) is 35.7 Å². The van der Waals surface area contributed by atoms with Gasteiger partial charge in [0.25, 0.3) is 5.91 Å². The van der Waals surface area contributed by atoms with E-state index >= 15 is 0 Å². The fourth-order valence-electron chi connectivity index (χ4n) is 3.88. The first-order valence-corrected chi connectivity index (χ1v) is 10.1. The second-order valence-electron chi connectivity index (χ2n) is 7.33. The van der Waals surface area contributed by atoms with Gasteiger partial charge in [-0.05, 0) is 56.2 Å². The van der Waals surface area contributed by atoms with E-state index in [-0.39, 0.29) is 24.5 Å². The van der Waals surface area contributed by atoms with Crippen LogP contribution in [-0.4, -0.2) is 45.4 Å². The fraction of sp³-hybridized carbons (Fsp3) is 0.391. The molecule has 1 aliphatic heterocycles. The molecule has 0 radical (unpaired) electrons. The zero-order chi connectivity index (χ0) is 22.5. The molecule has 2 atom stereocenters. The molecule has 0 saturated heterocycles. The lowest BCUT2D eigenvalue weighted by molar-refractivity contribution is 0.0949. The molecule has 1 heterocycles. The van der Waals surface area contributed by atoms with Crippen LogP contribution in [0, 0.1) is 5.82 Å². The Morgan fingerprint density at radius 1 is 1.13 bits per heavy atom. The number of ether oxygens (including phenoxy) is 3. The van der Waals surface area contributed by atoms with Gasteiger partial charge in [-0.2, -0.15) is 0 Å². The van der Waals surface area contributed by atoms with Crippen molar-refractivity contribution in [2.75, 3.05) is 32.3 Å². The van der Waals surface area contributed by atoms with Crippen molar-refractivity contribution in [3.8, 4) is 11.5 Å². The van der Waals surface area contributed by atoms with Gasteiger partial charge in [0.15, 0.2) is 11.5 Å². The largest absolute Gasteiger partial charge is 0.493 e. The van der Waals surface area contributed by atoms with Crippen LogP contribution >= 0.6 is 0 Å². The number of anilines is 1. The van der Waals surface area contributed by atoms with Gasteiger partial charge in [-0.1, -0.05) is 0 Å². The molecular formula is C23H27FN2O5. The predicted octanol–water partition coefficient (Wildman–Crippen LogP) is 4.11. The van der Waals surface area contributed by atoms with E-state index in [0.717, 1.165) is 5.56 Å². The lowest BCUT2D eigenvalue weighted by atomic mass is 9.85. The number of hydrogen-bond acceptors (Lipinski definition) is 5. The van der Waals surface area contributed by atoms with Gasteiger partial charge in [-0.25, -0.2) is 9.18 Å². The highest BCUT2D eigenvalue weighted by atomic mass is 19.1. The molecule has 8 heteroatoms. The number of halogens is 1. The topological polar surface area (TPSA) is 77.1 Å². The van der Waals surface area contributed by atoms with Gasteiger partial charge in [0.05, 0.1) is 26.5 Å². The maximum absolute atomic E-state index is 13.1. The van der Waals surface area contributed by atoms with Crippen LogP contribution < -0.4 is 19.7 Å². The Labute approximate surface area is 181 Å². The predicted molar refractivity (Wildman–Crippen MR) is 115 cm³/mol. The maximum atomic E-state index is 13.1. The quantitative estimate of drug-likeness (QED) is 0.746. The summed E-state index contributed by atoms with van der Waals surface area (Å²) in [6, 6.07) is 8.83. The van der Waals surface area contributed by atoms with E-state index in [4.69, 9.17) is 14.2 Å². The Bertz CT molecular complexity index is 948. The molecule has 0 fully saturated rings. The summed E-state index contributed by atoms with van der Waals surface area (Å²) in [5, 5.41) is 2.92. The van der Waals surface area contributed by atoms with Crippen molar-refractivity contribution >= 4 is 17.7 Å². The van der Waals surface area contributed by atoms with E-state index in [1.54, 1.807) is 25.0 Å². The monoisotopic (exact) mass is 430 g/mol. The molecule has 1 aliphatic rings. The van der Waals surface area contributed by atoms with Crippen LogP contribution in [0.2, 0.25) is 0 Å². The van der Waals surface area contributed by atoms with Crippen molar-refractivity contribution in [2.24, 2.45) is 0 Å². The van der Waals surface area contributed by atoms with E-state index in [2.05, 4.69) is 5.32 Å². The summed E-state index contributed by atoms with van der Waals surface area (Å²) in [5.74, 6) is 0.280. The Balaban J connectivity index is 1.91. The molecule has 2 unspecified atom stereocenters. The van der Waals surface area contributed by atoms with Crippen molar-refractivity contribution in [1.29, 1.82) is 0 Å². The third-order valence-electron chi connectivity index (χ3n) is 5.38. The van der Waals surface area contributed by atoms with Crippen LogP contribution in [0.15, 0.2) is 36.4 Å². The first-order valence-electron chi connectivity index (χ1n) is 10.1. The smallest absolute Gasteiger partial charge is 0.414 e. The van der Waals surface area contributed by atoms with Crippen molar-refractivity contribution in [2.45, 2.75) is 32.2 Å². The standard InChI is InChI=1S/C23H27FN2O5/c1-5-31-23(28)26-14(2)10-16(13-25-22(27)15-6-8-17(24)9-7-15)18-11-20(29-3)21(30-4)12-19(18)26/h6-9,11-12,14,16H,5,10,13H2,1-4H3,(H,25,27). The number of hydrogen-bond donors (Lipinski definition) is 1. The first-order chi connectivity index (χ1) is 14.9. The van der Waals surface area contributed by atoms with Crippen molar-refractivity contribution < 1.29 is 28.2 Å². The molecular weight excluding hydrogens is 403 g/mol. The molecule has 0 bridgehead atoms. The van der Waals surface area contributed by atoms with E-state index in [1.807, 2.05) is 13.0 Å². The highest BCUT2D eigenvalue weighted by Crippen LogP contribution is 2.44. The summed E-state index contributed by atoms with van der Waals surface area (Å²) >= 11 is 0. The summed E-state index contributed by atoms with van der Waals surface area (Å²) in [4.78, 5) is 26.8. The third kappa shape index (κ3) is 4.73. The number of rotatable bonds is 6. The summed E-state index contributed by atoms with van der Waals surface area (Å²) in [7, 11) is 3.08. The summed E-state index contributed by atoms with van der Waals surface area (Å²) in [5.41, 5.74) is 1.89. The van der Waals surface area contributed by atoms with Crippen molar-refractivity contribution in [1.82, 2.24) is 5.32 Å². The number of fused-ring (bicyclic) bond motifs is 1. The molecule has 0 saturated carbocycles. The Morgan fingerprint density at radius 3 is 2.39 bits per heavy atom. The van der Waals surface area contributed by atoms with Crippen molar-refractivity contribution in [3.63, 3.8) is 0 Å². The van der Waals surface area contributed by atoms with Gasteiger partial charge >= 0.3 is 6.09 Å². The fourth-order valence-corrected chi connectivity index (χ4v) is 3.88. The molecule has 3 rings (SSSR count). The highest BCUT2D eigenvalue weighted by Gasteiger charge is 2.36. The molecule has 2 aromatic rings. The van der Waals surface area contributed by atoms with Crippen LogP contribution in [0.25, 0.3) is 0 Å². The van der Waals surface area contributed by atoms with Gasteiger partial charge in [0.1, 0.15) is 5.82 Å². The summed E-state index contributed by atoms with van der Waals surface area (Å²) in [6.07, 6.45) is 0.183. The minimum Gasteiger partial charge on any atom is -0.493 e. The number of methoxy groups -OCH3 is 2. The molecule has 2 amide bonds. The summed E-state index contributed by atoms with van der Waals surface area (Å²) in [6.45, 7) is 4.31. The maximum Gasteiger partial charge on any atom is 0.414 e. The SMILES string of the molecule is CCOC(=O)N1c2cc(OC)c(OC)cc2C(CNC(=O)c2ccc(F)cc2)CC1C. The Morgan fingerprint density at radius 2 is 1.77 bits per heavy atom. The number of carbonyl (C=O) groups excluding carboxylic acids is 2. The average Bonchev–Trinajstić information content (AvgIpc) is 2.76. The molecule has 31 heavy (non-hydrogen) atoms. The van der Waals surface area contributed by atoms with Gasteiger partial charge in [0.2, 0.25) is 0 Å². The van der Waals surface area contributed by atoms with Crippen LogP contribution in [0.3, 0.4) is 0 Å². The highest BCUT2D eigenvalue weighted by molar-refractivity contribution is 5.94. The zero-order valence-electron chi connectivity index (χ0n) is 18.1. The van der Waals surface area contributed by atoms with E-state index in [9.17, 15) is 14.0 Å². The number of amides is 2. The molecule has 0 aromatic heterocycles. The molecule has 2 aromatic carbocycles. The third-order valence-corrected chi connectivity index (χ3v) is 5.38. The molecule has 0 spiro atoms. The van der Waals surface area contributed by atoms with E-state index < -0.39 is 11.9 Å². The normalized spacial score (nSPS) is 17.5. The second-order valence-corrected chi connectivity index (χ2v) is 7.33. The first kappa shape index (κ1) is 22.4. The zero-order valence-corrected chi connectivity index (χ0v) is 18.1. The Kier molecular flexibility index (Phi) is 6.99. The number of benzene rings is 2. The van der Waals surface area contributed by atoms with Crippen LogP contribution in [0.5, 0.6) is 11.5 Å². The average molecular weight is 430 g/mol. The van der Waals surface area contributed by atoms with Crippen LogP contribution in [0.4, 0.5) is 14.9 Å². The molecule has 1 N–H and O–H groups in total. The van der Waals surface area contributed by atoms with Crippen molar-refractivity contribution in [3.05, 3.63) is 53.3 Å².